The Balaban J connectivity index is 1.56. The van der Waals surface area contributed by atoms with E-state index in [-0.39, 0.29) is 29.1 Å². The van der Waals surface area contributed by atoms with Gasteiger partial charge in [-0.3, -0.25) is 24.6 Å². The maximum atomic E-state index is 12.8. The average Bonchev–Trinajstić information content (AvgIpc) is 2.88. The number of piperidine rings is 1. The van der Waals surface area contributed by atoms with Crippen molar-refractivity contribution in [2.45, 2.75) is 19.8 Å². The highest BCUT2D eigenvalue weighted by atomic mass is 16.5. The van der Waals surface area contributed by atoms with Crippen molar-refractivity contribution in [3.8, 4) is 22.4 Å². The molecule has 9 heteroatoms. The Morgan fingerprint density at radius 3 is 2.32 bits per heavy atom. The Morgan fingerprint density at radius 1 is 1.00 bits per heavy atom. The van der Waals surface area contributed by atoms with Crippen LogP contribution in [0.2, 0.25) is 0 Å². The van der Waals surface area contributed by atoms with Crippen molar-refractivity contribution in [2.24, 2.45) is 5.92 Å². The first-order valence-electron chi connectivity index (χ1n) is 11.0. The topological polar surface area (TPSA) is 125 Å². The van der Waals surface area contributed by atoms with Crippen molar-refractivity contribution in [1.29, 1.82) is 0 Å². The summed E-state index contributed by atoms with van der Waals surface area (Å²) in [7, 11) is 0. The summed E-state index contributed by atoms with van der Waals surface area (Å²) in [6, 6.07) is 14.4. The molecule has 0 saturated carbocycles. The molecule has 3 heterocycles. The highest BCUT2D eigenvalue weighted by Crippen LogP contribution is 2.26. The Labute approximate surface area is 196 Å². The van der Waals surface area contributed by atoms with Crippen molar-refractivity contribution >= 4 is 23.5 Å². The number of amides is 3. The molecule has 0 bridgehead atoms. The van der Waals surface area contributed by atoms with E-state index in [1.165, 1.54) is 13.0 Å². The van der Waals surface area contributed by atoms with Crippen LogP contribution >= 0.6 is 0 Å². The van der Waals surface area contributed by atoms with Gasteiger partial charge in [-0.2, -0.15) is 0 Å². The first-order valence-corrected chi connectivity index (χ1v) is 11.0. The summed E-state index contributed by atoms with van der Waals surface area (Å²) in [4.78, 5) is 46.9. The van der Waals surface area contributed by atoms with Crippen LogP contribution in [0, 0.1) is 5.92 Å². The van der Waals surface area contributed by atoms with Crippen molar-refractivity contribution < 1.29 is 19.6 Å². The number of anilines is 1. The summed E-state index contributed by atoms with van der Waals surface area (Å²) >= 11 is 0. The molecule has 2 aromatic heterocycles. The lowest BCUT2D eigenvalue weighted by molar-refractivity contribution is -0.132. The van der Waals surface area contributed by atoms with Crippen LogP contribution in [0.1, 0.15) is 30.1 Å². The van der Waals surface area contributed by atoms with Gasteiger partial charge in [-0.15, -0.1) is 0 Å². The summed E-state index contributed by atoms with van der Waals surface area (Å²) in [5.41, 5.74) is 4.95. The number of rotatable bonds is 5. The van der Waals surface area contributed by atoms with Gasteiger partial charge in [0, 0.05) is 49.5 Å². The zero-order chi connectivity index (χ0) is 24.1. The Bertz CT molecular complexity index is 1190. The lowest BCUT2D eigenvalue weighted by Crippen LogP contribution is -2.40. The van der Waals surface area contributed by atoms with Crippen LogP contribution in [0.3, 0.4) is 0 Å². The normalized spacial score (nSPS) is 13.9. The molecule has 174 valence electrons. The predicted molar refractivity (Wildman–Crippen MR) is 126 cm³/mol. The monoisotopic (exact) mass is 459 g/mol. The number of nitrogens with zero attached hydrogens (tertiary/aromatic N) is 3. The van der Waals surface area contributed by atoms with Gasteiger partial charge in [0.1, 0.15) is 5.82 Å². The highest BCUT2D eigenvalue weighted by Gasteiger charge is 2.26. The van der Waals surface area contributed by atoms with Gasteiger partial charge < -0.3 is 10.2 Å². The lowest BCUT2D eigenvalue weighted by atomic mass is 9.96. The fourth-order valence-corrected chi connectivity index (χ4v) is 3.99. The standard InChI is InChI=1S/C25H25N5O4/c1-16(31)30-11-8-19(9-12-30)24(32)28-23-14-21(25(33)29-34)13-22(27-23)18-6-4-17(5-7-18)20-3-2-10-26-15-20/h2-7,10,13-15,19,34H,8-9,11-12H2,1H3,(H,29,33)(H,27,28,32). The molecule has 0 spiro atoms. The molecular weight excluding hydrogens is 434 g/mol. The van der Waals surface area contributed by atoms with Crippen LogP contribution < -0.4 is 10.8 Å². The first-order chi connectivity index (χ1) is 16.4. The molecule has 1 aliphatic heterocycles. The minimum atomic E-state index is -0.708. The fourth-order valence-electron chi connectivity index (χ4n) is 3.99. The zero-order valence-electron chi connectivity index (χ0n) is 18.7. The number of hydrogen-bond acceptors (Lipinski definition) is 6. The second kappa shape index (κ2) is 10.2. The van der Waals surface area contributed by atoms with Gasteiger partial charge in [-0.1, -0.05) is 30.3 Å². The number of hydroxylamine groups is 1. The molecule has 34 heavy (non-hydrogen) atoms. The third kappa shape index (κ3) is 5.26. The van der Waals surface area contributed by atoms with Crippen LogP contribution in [0.4, 0.5) is 5.82 Å². The summed E-state index contributed by atoms with van der Waals surface area (Å²) < 4.78 is 0. The van der Waals surface area contributed by atoms with E-state index in [9.17, 15) is 14.4 Å². The first kappa shape index (κ1) is 23.1. The zero-order valence-corrected chi connectivity index (χ0v) is 18.7. The summed E-state index contributed by atoms with van der Waals surface area (Å²) in [6.07, 6.45) is 4.60. The molecule has 0 unspecified atom stereocenters. The molecule has 9 nitrogen and oxygen atoms in total. The van der Waals surface area contributed by atoms with E-state index in [1.807, 2.05) is 36.4 Å². The van der Waals surface area contributed by atoms with Crippen molar-refractivity contribution in [2.75, 3.05) is 18.4 Å². The van der Waals surface area contributed by atoms with Crippen molar-refractivity contribution in [3.05, 3.63) is 66.5 Å². The van der Waals surface area contributed by atoms with Crippen molar-refractivity contribution in [1.82, 2.24) is 20.3 Å². The van der Waals surface area contributed by atoms with Gasteiger partial charge in [0.2, 0.25) is 11.8 Å². The van der Waals surface area contributed by atoms with E-state index in [1.54, 1.807) is 28.8 Å². The third-order valence-corrected chi connectivity index (χ3v) is 5.93. The Kier molecular flexibility index (Phi) is 6.93. The van der Waals surface area contributed by atoms with Crippen LogP contribution in [-0.4, -0.2) is 50.9 Å². The molecule has 0 aliphatic carbocycles. The van der Waals surface area contributed by atoms with E-state index in [4.69, 9.17) is 5.21 Å². The summed E-state index contributed by atoms with van der Waals surface area (Å²) in [5.74, 6) is -0.958. The van der Waals surface area contributed by atoms with Crippen LogP contribution in [0.25, 0.3) is 22.4 Å². The average molecular weight is 460 g/mol. The van der Waals surface area contributed by atoms with Crippen LogP contribution in [0.15, 0.2) is 60.9 Å². The molecule has 1 saturated heterocycles. The van der Waals surface area contributed by atoms with Crippen molar-refractivity contribution in [3.63, 3.8) is 0 Å². The Morgan fingerprint density at radius 2 is 1.71 bits per heavy atom. The van der Waals surface area contributed by atoms with E-state index in [2.05, 4.69) is 15.3 Å². The van der Waals surface area contributed by atoms with Gasteiger partial charge in [0.15, 0.2) is 0 Å². The molecule has 3 amide bonds. The second-order valence-corrected chi connectivity index (χ2v) is 8.16. The van der Waals surface area contributed by atoms with Crippen LogP contribution in [0.5, 0.6) is 0 Å². The number of aromatic nitrogens is 2. The van der Waals surface area contributed by atoms with Gasteiger partial charge >= 0.3 is 0 Å². The third-order valence-electron chi connectivity index (χ3n) is 5.93. The predicted octanol–water partition coefficient (Wildman–Crippen LogP) is 3.13. The van der Waals surface area contributed by atoms with E-state index >= 15 is 0 Å². The molecule has 3 N–H and O–H groups in total. The molecular formula is C25H25N5O4. The minimum absolute atomic E-state index is 0.00225. The molecule has 4 rings (SSSR count). The molecule has 3 aromatic rings. The summed E-state index contributed by atoms with van der Waals surface area (Å²) in [5, 5.41) is 11.9. The fraction of sp³-hybridized carbons (Fsp3) is 0.240. The smallest absolute Gasteiger partial charge is 0.274 e. The van der Waals surface area contributed by atoms with E-state index in [0.717, 1.165) is 16.7 Å². The largest absolute Gasteiger partial charge is 0.343 e. The number of nitrogens with one attached hydrogen (secondary N) is 2. The minimum Gasteiger partial charge on any atom is -0.343 e. The van der Waals surface area contributed by atoms with Gasteiger partial charge in [0.25, 0.3) is 5.91 Å². The highest BCUT2D eigenvalue weighted by molar-refractivity contribution is 5.97. The van der Waals surface area contributed by atoms with E-state index < -0.39 is 5.91 Å². The molecule has 0 radical (unpaired) electrons. The molecule has 1 fully saturated rings. The quantitative estimate of drug-likeness (QED) is 0.398. The number of pyridine rings is 2. The molecule has 1 aliphatic rings. The number of hydrogen-bond donors (Lipinski definition) is 3. The van der Waals surface area contributed by atoms with Gasteiger partial charge in [-0.05, 0) is 42.2 Å². The van der Waals surface area contributed by atoms with Gasteiger partial charge in [0.05, 0.1) is 5.69 Å². The number of likely N-dealkylation sites (tertiary alicyclic amines) is 1. The second-order valence-electron chi connectivity index (χ2n) is 8.16. The van der Waals surface area contributed by atoms with Crippen LogP contribution in [-0.2, 0) is 9.59 Å². The number of carbonyl (C=O) groups excluding carboxylic acids is 3. The maximum Gasteiger partial charge on any atom is 0.274 e. The number of carbonyl (C=O) groups is 3. The van der Waals surface area contributed by atoms with E-state index in [0.29, 0.717) is 31.6 Å². The lowest BCUT2D eigenvalue weighted by Gasteiger charge is -2.30. The summed E-state index contributed by atoms with van der Waals surface area (Å²) in [6.45, 7) is 2.58. The Hall–Kier alpha value is -4.11. The van der Waals surface area contributed by atoms with Gasteiger partial charge in [-0.25, -0.2) is 10.5 Å². The maximum absolute atomic E-state index is 12.8. The molecule has 0 atom stereocenters. The molecule has 1 aromatic carbocycles. The SMILES string of the molecule is CC(=O)N1CCC(C(=O)Nc2cc(C(=O)NO)cc(-c3ccc(-c4cccnc4)cc3)n2)CC1. The number of benzene rings is 1.